The van der Waals surface area contributed by atoms with Crippen molar-refractivity contribution < 1.29 is 19.1 Å². The average molecular weight is 326 g/mol. The normalized spacial score (nSPS) is 29.6. The van der Waals surface area contributed by atoms with Crippen LogP contribution in [0.15, 0.2) is 54.2 Å². The summed E-state index contributed by atoms with van der Waals surface area (Å²) in [6.07, 6.45) is 5.43. The van der Waals surface area contributed by atoms with Crippen molar-refractivity contribution in [2.75, 3.05) is 0 Å². The summed E-state index contributed by atoms with van der Waals surface area (Å²) in [6, 6.07) is 4.10. The third-order valence-corrected chi connectivity index (χ3v) is 5.34. The molecule has 0 amide bonds. The highest BCUT2D eigenvalue weighted by molar-refractivity contribution is 6.13. The second-order valence-corrected chi connectivity index (χ2v) is 6.68. The number of fused-ring (bicyclic) bond motifs is 1. The summed E-state index contributed by atoms with van der Waals surface area (Å²) in [5, 5.41) is 9.46. The highest BCUT2D eigenvalue weighted by Gasteiger charge is 2.54. The highest BCUT2D eigenvalue weighted by atomic mass is 19.1. The highest BCUT2D eigenvalue weighted by Crippen LogP contribution is 2.55. The lowest BCUT2D eigenvalue weighted by Crippen LogP contribution is -2.49. The van der Waals surface area contributed by atoms with Crippen LogP contribution in [0.3, 0.4) is 0 Å². The van der Waals surface area contributed by atoms with E-state index in [2.05, 4.69) is 6.58 Å². The van der Waals surface area contributed by atoms with Gasteiger partial charge in [-0.15, -0.1) is 0 Å². The molecule has 4 heteroatoms. The van der Waals surface area contributed by atoms with E-state index in [4.69, 9.17) is 0 Å². The summed E-state index contributed by atoms with van der Waals surface area (Å²) in [5.74, 6) is -2.31. The Morgan fingerprint density at radius 1 is 1.38 bits per heavy atom. The van der Waals surface area contributed by atoms with Gasteiger partial charge in [-0.25, -0.2) is 4.39 Å². The maximum Gasteiger partial charge on any atom is 0.166 e. The maximum atomic E-state index is 13.9. The molecule has 0 heterocycles. The van der Waals surface area contributed by atoms with Crippen molar-refractivity contribution in [2.24, 2.45) is 11.3 Å². The molecule has 0 bridgehead atoms. The molecule has 124 valence electrons. The van der Waals surface area contributed by atoms with E-state index in [0.29, 0.717) is 17.6 Å². The molecule has 0 aromatic heterocycles. The van der Waals surface area contributed by atoms with Gasteiger partial charge in [-0.05, 0) is 48.3 Å². The second kappa shape index (κ2) is 5.55. The Hall–Kier alpha value is -2.49. The summed E-state index contributed by atoms with van der Waals surface area (Å²) in [5.41, 5.74) is 0.792. The topological polar surface area (TPSA) is 54.4 Å². The summed E-state index contributed by atoms with van der Waals surface area (Å²) in [7, 11) is 0. The molecule has 3 atom stereocenters. The fourth-order valence-electron chi connectivity index (χ4n) is 4.11. The zero-order valence-corrected chi connectivity index (χ0v) is 13.7. The van der Waals surface area contributed by atoms with E-state index in [0.717, 1.165) is 5.57 Å². The number of carbonyl (C=O) groups is 2. The predicted octanol–water partition coefficient (Wildman–Crippen LogP) is 3.85. The van der Waals surface area contributed by atoms with Gasteiger partial charge in [0.15, 0.2) is 23.1 Å². The summed E-state index contributed by atoms with van der Waals surface area (Å²) >= 11 is 0. The van der Waals surface area contributed by atoms with Gasteiger partial charge in [0.2, 0.25) is 0 Å². The van der Waals surface area contributed by atoms with Gasteiger partial charge in [0, 0.05) is 11.8 Å². The Kier molecular flexibility index (Phi) is 3.78. The number of halogens is 1. The zero-order valence-electron chi connectivity index (χ0n) is 13.7. The molecule has 0 fully saturated rings. The van der Waals surface area contributed by atoms with Crippen molar-refractivity contribution in [3.05, 3.63) is 65.5 Å². The van der Waals surface area contributed by atoms with E-state index < -0.39 is 28.8 Å². The minimum Gasteiger partial charge on any atom is -0.505 e. The van der Waals surface area contributed by atoms with E-state index in [9.17, 15) is 19.1 Å². The van der Waals surface area contributed by atoms with Crippen LogP contribution < -0.4 is 0 Å². The van der Waals surface area contributed by atoms with Crippen LogP contribution in [0.5, 0.6) is 5.75 Å². The fraction of sp³-hybridized carbons (Fsp3) is 0.300. The molecule has 1 aromatic rings. The molecule has 1 N–H and O–H groups in total. The van der Waals surface area contributed by atoms with Crippen molar-refractivity contribution in [3.63, 3.8) is 0 Å². The molecule has 1 aromatic carbocycles. The Morgan fingerprint density at radius 3 is 2.71 bits per heavy atom. The third-order valence-electron chi connectivity index (χ3n) is 5.34. The zero-order chi connectivity index (χ0) is 17.6. The number of hydrogen-bond acceptors (Lipinski definition) is 3. The number of phenols is 1. The van der Waals surface area contributed by atoms with Crippen LogP contribution >= 0.6 is 0 Å². The van der Waals surface area contributed by atoms with Crippen molar-refractivity contribution >= 4 is 11.6 Å². The Morgan fingerprint density at radius 2 is 2.08 bits per heavy atom. The number of aromatic hydroxyl groups is 1. The van der Waals surface area contributed by atoms with Crippen LogP contribution in [0, 0.1) is 17.2 Å². The van der Waals surface area contributed by atoms with Crippen molar-refractivity contribution in [1.29, 1.82) is 0 Å². The SMILES string of the molecule is C=CC1=CCC2C(=O)C=C(C)C(=O)C2(C)C1c1ccc(O)c(F)c1. The van der Waals surface area contributed by atoms with E-state index in [-0.39, 0.29) is 11.6 Å². The predicted molar refractivity (Wildman–Crippen MR) is 89.1 cm³/mol. The number of hydrogen-bond donors (Lipinski definition) is 1. The summed E-state index contributed by atoms with van der Waals surface area (Å²) in [4.78, 5) is 25.5. The molecule has 0 saturated carbocycles. The first-order valence-electron chi connectivity index (χ1n) is 7.88. The van der Waals surface area contributed by atoms with Gasteiger partial charge in [-0.1, -0.05) is 31.7 Å². The summed E-state index contributed by atoms with van der Waals surface area (Å²) < 4.78 is 13.9. The lowest BCUT2D eigenvalue weighted by molar-refractivity contribution is -0.137. The van der Waals surface area contributed by atoms with Crippen LogP contribution in [-0.2, 0) is 9.59 Å². The smallest absolute Gasteiger partial charge is 0.166 e. The minimum atomic E-state index is -0.988. The van der Waals surface area contributed by atoms with E-state index >= 15 is 0 Å². The number of Topliss-reactive ketones (excluding diaryl/α,β-unsaturated/α-hetero) is 1. The second-order valence-electron chi connectivity index (χ2n) is 6.68. The first-order valence-corrected chi connectivity index (χ1v) is 7.88. The molecule has 2 aliphatic carbocycles. The Labute approximate surface area is 140 Å². The van der Waals surface area contributed by atoms with E-state index in [1.165, 1.54) is 18.2 Å². The van der Waals surface area contributed by atoms with Gasteiger partial charge in [0.05, 0.1) is 5.41 Å². The molecular weight excluding hydrogens is 307 g/mol. The van der Waals surface area contributed by atoms with Gasteiger partial charge in [0.25, 0.3) is 0 Å². The number of benzene rings is 1. The standard InChI is InChI=1S/C20H19FO3/c1-4-12-5-7-14-17(23)9-11(2)19(24)20(14,3)18(12)13-6-8-16(22)15(21)10-13/h4-6,8-10,14,18,22H,1,7H2,2-3H3. The molecule has 2 aliphatic rings. The van der Waals surface area contributed by atoms with Crippen LogP contribution in [0.2, 0.25) is 0 Å². The Bertz CT molecular complexity index is 818. The van der Waals surface area contributed by atoms with Gasteiger partial charge in [-0.3, -0.25) is 9.59 Å². The van der Waals surface area contributed by atoms with Crippen LogP contribution in [0.1, 0.15) is 31.7 Å². The van der Waals surface area contributed by atoms with Crippen molar-refractivity contribution in [3.8, 4) is 5.75 Å². The van der Waals surface area contributed by atoms with Crippen LogP contribution in [-0.4, -0.2) is 16.7 Å². The van der Waals surface area contributed by atoms with Crippen molar-refractivity contribution in [1.82, 2.24) is 0 Å². The third kappa shape index (κ3) is 2.17. The Balaban J connectivity index is 2.24. The first-order chi connectivity index (χ1) is 11.3. The number of carbonyl (C=O) groups excluding carboxylic acids is 2. The molecule has 0 radical (unpaired) electrons. The molecular formula is C20H19FO3. The molecule has 24 heavy (non-hydrogen) atoms. The van der Waals surface area contributed by atoms with Crippen LogP contribution in [0.25, 0.3) is 0 Å². The average Bonchev–Trinajstić information content (AvgIpc) is 2.54. The lowest BCUT2D eigenvalue weighted by atomic mass is 9.53. The van der Waals surface area contributed by atoms with Crippen molar-refractivity contribution in [2.45, 2.75) is 26.2 Å². The van der Waals surface area contributed by atoms with Gasteiger partial charge in [0.1, 0.15) is 0 Å². The molecule has 3 rings (SSSR count). The van der Waals surface area contributed by atoms with Gasteiger partial charge in [-0.2, -0.15) is 0 Å². The van der Waals surface area contributed by atoms with Crippen LogP contribution in [0.4, 0.5) is 4.39 Å². The van der Waals surface area contributed by atoms with Gasteiger partial charge >= 0.3 is 0 Å². The molecule has 3 unspecified atom stereocenters. The molecule has 0 saturated heterocycles. The fourth-order valence-corrected chi connectivity index (χ4v) is 4.11. The maximum absolute atomic E-state index is 13.9. The number of allylic oxidation sites excluding steroid dienone is 5. The monoisotopic (exact) mass is 326 g/mol. The molecule has 3 nitrogen and oxygen atoms in total. The van der Waals surface area contributed by atoms with E-state index in [1.54, 1.807) is 26.0 Å². The number of ketones is 2. The van der Waals surface area contributed by atoms with Gasteiger partial charge < -0.3 is 5.11 Å². The molecule has 0 spiro atoms. The largest absolute Gasteiger partial charge is 0.505 e. The number of rotatable bonds is 2. The molecule has 0 aliphatic heterocycles. The quantitative estimate of drug-likeness (QED) is 0.898. The first kappa shape index (κ1) is 16.4. The minimum absolute atomic E-state index is 0.0711. The van der Waals surface area contributed by atoms with E-state index in [1.807, 2.05) is 6.08 Å². The summed E-state index contributed by atoms with van der Waals surface area (Å²) in [6.45, 7) is 7.23. The number of phenolic OH excluding ortho intramolecular Hbond substituents is 1. The lowest BCUT2D eigenvalue weighted by Gasteiger charge is -2.47.